The highest BCUT2D eigenvalue weighted by Gasteiger charge is 2.27. The standard InChI is InChI=1S/C19H21NO3/c1-13-7-6-10-17(15(13)3)22-12-19(21)20-11-14(2)23-18-9-5-4-8-16(18)20/h4-10,14H,11-12H2,1-3H3/t14-/m0/s1. The van der Waals surface area contributed by atoms with Gasteiger partial charge in [0.25, 0.3) is 5.91 Å². The second kappa shape index (κ2) is 6.32. The Hall–Kier alpha value is -2.49. The maximum absolute atomic E-state index is 12.6. The van der Waals surface area contributed by atoms with E-state index in [1.807, 2.05) is 63.2 Å². The van der Waals surface area contributed by atoms with Crippen LogP contribution in [0.2, 0.25) is 0 Å². The number of ether oxygens (including phenoxy) is 2. The van der Waals surface area contributed by atoms with Gasteiger partial charge in [-0.2, -0.15) is 0 Å². The summed E-state index contributed by atoms with van der Waals surface area (Å²) in [6.45, 7) is 6.55. The van der Waals surface area contributed by atoms with Gasteiger partial charge in [0, 0.05) is 0 Å². The van der Waals surface area contributed by atoms with Crippen molar-refractivity contribution in [3.63, 3.8) is 0 Å². The molecule has 23 heavy (non-hydrogen) atoms. The Morgan fingerprint density at radius 2 is 2.00 bits per heavy atom. The van der Waals surface area contributed by atoms with Gasteiger partial charge in [-0.25, -0.2) is 0 Å². The number of carbonyl (C=O) groups is 1. The van der Waals surface area contributed by atoms with Gasteiger partial charge in [0.1, 0.15) is 17.6 Å². The molecule has 4 heteroatoms. The van der Waals surface area contributed by atoms with Crippen molar-refractivity contribution in [1.29, 1.82) is 0 Å². The Bertz CT molecular complexity index is 726. The molecule has 1 heterocycles. The third-order valence-corrected chi connectivity index (χ3v) is 4.13. The van der Waals surface area contributed by atoms with E-state index in [4.69, 9.17) is 9.47 Å². The Kier molecular flexibility index (Phi) is 4.24. The number of rotatable bonds is 3. The third kappa shape index (κ3) is 3.16. The first-order valence-corrected chi connectivity index (χ1v) is 7.81. The lowest BCUT2D eigenvalue weighted by atomic mass is 10.1. The first-order valence-electron chi connectivity index (χ1n) is 7.81. The number of anilines is 1. The molecule has 0 aromatic heterocycles. The van der Waals surface area contributed by atoms with E-state index in [0.29, 0.717) is 6.54 Å². The van der Waals surface area contributed by atoms with Crippen LogP contribution < -0.4 is 14.4 Å². The van der Waals surface area contributed by atoms with E-state index in [1.54, 1.807) is 4.90 Å². The molecule has 120 valence electrons. The molecule has 1 aliphatic heterocycles. The normalized spacial score (nSPS) is 16.5. The van der Waals surface area contributed by atoms with Gasteiger partial charge in [0.2, 0.25) is 0 Å². The first kappa shape index (κ1) is 15.4. The Labute approximate surface area is 136 Å². The number of para-hydroxylation sites is 2. The van der Waals surface area contributed by atoms with Crippen LogP contribution in [0.1, 0.15) is 18.1 Å². The summed E-state index contributed by atoms with van der Waals surface area (Å²) in [7, 11) is 0. The number of fused-ring (bicyclic) bond motifs is 1. The summed E-state index contributed by atoms with van der Waals surface area (Å²) < 4.78 is 11.5. The predicted octanol–water partition coefficient (Wildman–Crippen LogP) is 3.50. The molecule has 0 aliphatic carbocycles. The third-order valence-electron chi connectivity index (χ3n) is 4.13. The molecule has 0 saturated carbocycles. The molecule has 0 spiro atoms. The lowest BCUT2D eigenvalue weighted by molar-refractivity contribution is -0.121. The van der Waals surface area contributed by atoms with Crippen LogP contribution in [-0.4, -0.2) is 25.2 Å². The molecule has 0 unspecified atom stereocenters. The van der Waals surface area contributed by atoms with Gasteiger partial charge in [-0.1, -0.05) is 24.3 Å². The minimum Gasteiger partial charge on any atom is -0.487 e. The van der Waals surface area contributed by atoms with Gasteiger partial charge in [-0.3, -0.25) is 4.79 Å². The van der Waals surface area contributed by atoms with Gasteiger partial charge >= 0.3 is 0 Å². The largest absolute Gasteiger partial charge is 0.487 e. The van der Waals surface area contributed by atoms with Crippen LogP contribution in [0, 0.1) is 13.8 Å². The van der Waals surface area contributed by atoms with E-state index in [2.05, 4.69) is 0 Å². The van der Waals surface area contributed by atoms with Gasteiger partial charge in [0.05, 0.1) is 12.2 Å². The van der Waals surface area contributed by atoms with Gasteiger partial charge < -0.3 is 14.4 Å². The van der Waals surface area contributed by atoms with Crippen molar-refractivity contribution in [3.8, 4) is 11.5 Å². The van der Waals surface area contributed by atoms with E-state index in [-0.39, 0.29) is 18.6 Å². The van der Waals surface area contributed by atoms with Crippen LogP contribution in [0.5, 0.6) is 11.5 Å². The summed E-state index contributed by atoms with van der Waals surface area (Å²) in [5, 5.41) is 0. The minimum atomic E-state index is -0.0616. The van der Waals surface area contributed by atoms with Gasteiger partial charge in [0.15, 0.2) is 6.61 Å². The summed E-state index contributed by atoms with van der Waals surface area (Å²) in [5.41, 5.74) is 3.02. The number of hydrogen-bond acceptors (Lipinski definition) is 3. The second-order valence-electron chi connectivity index (χ2n) is 5.89. The number of benzene rings is 2. The smallest absolute Gasteiger partial charge is 0.265 e. The number of nitrogens with zero attached hydrogens (tertiary/aromatic N) is 1. The molecule has 1 amide bonds. The molecule has 1 atom stereocenters. The molecule has 4 nitrogen and oxygen atoms in total. The zero-order valence-electron chi connectivity index (χ0n) is 13.7. The van der Waals surface area contributed by atoms with Crippen molar-refractivity contribution in [2.45, 2.75) is 26.9 Å². The van der Waals surface area contributed by atoms with Crippen LogP contribution in [-0.2, 0) is 4.79 Å². The van der Waals surface area contributed by atoms with E-state index >= 15 is 0 Å². The molecule has 0 radical (unpaired) electrons. The van der Waals surface area contributed by atoms with E-state index in [1.165, 1.54) is 0 Å². The highest BCUT2D eigenvalue weighted by molar-refractivity contribution is 5.96. The molecule has 0 fully saturated rings. The van der Waals surface area contributed by atoms with E-state index in [9.17, 15) is 4.79 Å². The van der Waals surface area contributed by atoms with Crippen molar-refractivity contribution < 1.29 is 14.3 Å². The van der Waals surface area contributed by atoms with Crippen LogP contribution in [0.25, 0.3) is 0 Å². The van der Waals surface area contributed by atoms with Crippen LogP contribution in [0.4, 0.5) is 5.69 Å². The van der Waals surface area contributed by atoms with Crippen molar-refractivity contribution in [2.75, 3.05) is 18.1 Å². The summed E-state index contributed by atoms with van der Waals surface area (Å²) in [6.07, 6.45) is -0.0328. The maximum Gasteiger partial charge on any atom is 0.265 e. The lowest BCUT2D eigenvalue weighted by Gasteiger charge is -2.33. The zero-order chi connectivity index (χ0) is 16.4. The topological polar surface area (TPSA) is 38.8 Å². The average molecular weight is 311 g/mol. The predicted molar refractivity (Wildman–Crippen MR) is 90.3 cm³/mol. The average Bonchev–Trinajstić information content (AvgIpc) is 2.55. The van der Waals surface area contributed by atoms with Gasteiger partial charge in [-0.15, -0.1) is 0 Å². The fourth-order valence-corrected chi connectivity index (χ4v) is 2.72. The molecule has 0 saturated heterocycles. The van der Waals surface area contributed by atoms with Crippen molar-refractivity contribution >= 4 is 11.6 Å². The molecule has 0 bridgehead atoms. The van der Waals surface area contributed by atoms with E-state index < -0.39 is 0 Å². The highest BCUT2D eigenvalue weighted by atomic mass is 16.5. The minimum absolute atomic E-state index is 0.0192. The number of carbonyl (C=O) groups excluding carboxylic acids is 1. The van der Waals surface area contributed by atoms with Crippen LogP contribution in [0.15, 0.2) is 42.5 Å². The van der Waals surface area contributed by atoms with Crippen molar-refractivity contribution in [2.24, 2.45) is 0 Å². The summed E-state index contributed by atoms with van der Waals surface area (Å²) in [4.78, 5) is 14.4. The van der Waals surface area contributed by atoms with Crippen molar-refractivity contribution in [3.05, 3.63) is 53.6 Å². The fraction of sp³-hybridized carbons (Fsp3) is 0.316. The fourth-order valence-electron chi connectivity index (χ4n) is 2.72. The molecule has 1 aliphatic rings. The molecule has 2 aromatic rings. The number of amides is 1. The zero-order valence-corrected chi connectivity index (χ0v) is 13.7. The SMILES string of the molecule is Cc1cccc(OCC(=O)N2C[C@H](C)Oc3ccccc32)c1C. The van der Waals surface area contributed by atoms with E-state index in [0.717, 1.165) is 28.3 Å². The number of aryl methyl sites for hydroxylation is 1. The Morgan fingerprint density at radius 3 is 2.83 bits per heavy atom. The summed E-state index contributed by atoms with van der Waals surface area (Å²) in [5.74, 6) is 1.44. The van der Waals surface area contributed by atoms with Crippen LogP contribution >= 0.6 is 0 Å². The summed E-state index contributed by atoms with van der Waals surface area (Å²) >= 11 is 0. The van der Waals surface area contributed by atoms with Gasteiger partial charge in [-0.05, 0) is 50.1 Å². The lowest BCUT2D eigenvalue weighted by Crippen LogP contribution is -2.44. The Balaban J connectivity index is 1.75. The Morgan fingerprint density at radius 1 is 1.22 bits per heavy atom. The van der Waals surface area contributed by atoms with Crippen LogP contribution in [0.3, 0.4) is 0 Å². The summed E-state index contributed by atoms with van der Waals surface area (Å²) in [6, 6.07) is 13.5. The molecular weight excluding hydrogens is 290 g/mol. The first-order chi connectivity index (χ1) is 11.1. The number of hydrogen-bond donors (Lipinski definition) is 0. The molecular formula is C19H21NO3. The monoisotopic (exact) mass is 311 g/mol. The second-order valence-corrected chi connectivity index (χ2v) is 5.89. The van der Waals surface area contributed by atoms with Crippen molar-refractivity contribution in [1.82, 2.24) is 0 Å². The molecule has 3 rings (SSSR count). The maximum atomic E-state index is 12.6. The molecule has 2 aromatic carbocycles. The quantitative estimate of drug-likeness (QED) is 0.871. The highest BCUT2D eigenvalue weighted by Crippen LogP contribution is 2.33. The molecule has 0 N–H and O–H groups in total.